The summed E-state index contributed by atoms with van der Waals surface area (Å²) in [4.78, 5) is 42.6. The molecule has 4 aromatic rings. The highest BCUT2D eigenvalue weighted by Crippen LogP contribution is 2.51. The molecular weight excluding hydrogens is 472 g/mol. The number of amides is 1. The summed E-state index contributed by atoms with van der Waals surface area (Å²) in [5.41, 5.74) is 6.47. The maximum absolute atomic E-state index is 13.8. The average molecular weight is 497 g/mol. The molecule has 184 valence electrons. The summed E-state index contributed by atoms with van der Waals surface area (Å²) < 4.78 is 0. The first kappa shape index (κ1) is 22.4. The van der Waals surface area contributed by atoms with Crippen molar-refractivity contribution in [3.8, 4) is 0 Å². The number of nitrogens with zero attached hydrogens (tertiary/aromatic N) is 1. The van der Waals surface area contributed by atoms with E-state index < -0.39 is 6.04 Å². The number of nitrogens with one attached hydrogen (secondary N) is 1. The van der Waals surface area contributed by atoms with Gasteiger partial charge in [-0.3, -0.25) is 19.3 Å². The molecule has 38 heavy (non-hydrogen) atoms. The van der Waals surface area contributed by atoms with Crippen LogP contribution in [0.15, 0.2) is 114 Å². The van der Waals surface area contributed by atoms with Crippen LogP contribution in [-0.2, 0) is 4.79 Å². The summed E-state index contributed by atoms with van der Waals surface area (Å²) in [6.45, 7) is 0. The monoisotopic (exact) mass is 496 g/mol. The van der Waals surface area contributed by atoms with Gasteiger partial charge in [0.25, 0.3) is 5.91 Å². The van der Waals surface area contributed by atoms with E-state index in [0.29, 0.717) is 46.5 Å². The summed E-state index contributed by atoms with van der Waals surface area (Å²) in [7, 11) is 0. The quantitative estimate of drug-likeness (QED) is 0.331. The van der Waals surface area contributed by atoms with Gasteiger partial charge < -0.3 is 5.32 Å². The zero-order valence-electron chi connectivity index (χ0n) is 20.6. The fourth-order valence-electron chi connectivity index (χ4n) is 6.08. The van der Waals surface area contributed by atoms with Crippen molar-refractivity contribution in [2.45, 2.75) is 24.8 Å². The molecule has 4 aromatic carbocycles. The average Bonchev–Trinajstić information content (AvgIpc) is 3.15. The minimum atomic E-state index is -0.498. The molecule has 2 heterocycles. The topological polar surface area (TPSA) is 66.5 Å². The molecule has 1 aliphatic carbocycles. The molecule has 7 rings (SSSR count). The standard InChI is InChI=1S/C33H24N2O3/c36-29-19-23(20-9-3-1-4-10-20)18-27-30(29)31-24-13-7-8-14-25(24)33(38)35(31)28-16-15-22(17-26(28)34-27)32(37)21-11-5-2-6-12-21/h1-17,23,31,34H,18-19H2/t23-,31-/m0/s1. The lowest BCUT2D eigenvalue weighted by atomic mass is 9.78. The molecule has 0 saturated carbocycles. The number of benzene rings is 4. The van der Waals surface area contributed by atoms with E-state index in [0.717, 1.165) is 16.8 Å². The molecule has 0 spiro atoms. The van der Waals surface area contributed by atoms with Crippen LogP contribution >= 0.6 is 0 Å². The third-order valence-corrected chi connectivity index (χ3v) is 7.85. The fourth-order valence-corrected chi connectivity index (χ4v) is 6.08. The van der Waals surface area contributed by atoms with Gasteiger partial charge in [-0.1, -0.05) is 78.9 Å². The number of rotatable bonds is 3. The lowest BCUT2D eigenvalue weighted by Crippen LogP contribution is -2.32. The molecule has 2 aliphatic heterocycles. The number of carbonyl (C=O) groups excluding carboxylic acids is 3. The lowest BCUT2D eigenvalue weighted by molar-refractivity contribution is -0.116. The lowest BCUT2D eigenvalue weighted by Gasteiger charge is -2.30. The number of fused-ring (bicyclic) bond motifs is 6. The summed E-state index contributed by atoms with van der Waals surface area (Å²) in [6, 6.07) is 31.7. The molecule has 0 unspecified atom stereocenters. The molecule has 0 bridgehead atoms. The first-order valence-corrected chi connectivity index (χ1v) is 12.8. The maximum atomic E-state index is 13.8. The highest BCUT2D eigenvalue weighted by atomic mass is 16.2. The minimum absolute atomic E-state index is 0.0337. The molecule has 5 heteroatoms. The zero-order chi connectivity index (χ0) is 25.8. The second-order valence-electron chi connectivity index (χ2n) is 10.0. The van der Waals surface area contributed by atoms with Crippen molar-refractivity contribution < 1.29 is 14.4 Å². The smallest absolute Gasteiger partial charge is 0.259 e. The highest BCUT2D eigenvalue weighted by Gasteiger charge is 2.46. The number of Topliss-reactive ketones (excluding diaryl/α,β-unsaturated/α-hetero) is 1. The van der Waals surface area contributed by atoms with Crippen molar-refractivity contribution in [2.75, 3.05) is 10.2 Å². The minimum Gasteiger partial charge on any atom is -0.357 e. The van der Waals surface area contributed by atoms with Crippen molar-refractivity contribution in [3.63, 3.8) is 0 Å². The van der Waals surface area contributed by atoms with Gasteiger partial charge >= 0.3 is 0 Å². The number of carbonyl (C=O) groups is 3. The first-order chi connectivity index (χ1) is 18.6. The highest BCUT2D eigenvalue weighted by molar-refractivity contribution is 6.17. The molecule has 0 fully saturated rings. The van der Waals surface area contributed by atoms with Crippen LogP contribution in [0.25, 0.3) is 0 Å². The summed E-state index contributed by atoms with van der Waals surface area (Å²) >= 11 is 0. The maximum Gasteiger partial charge on any atom is 0.259 e. The van der Waals surface area contributed by atoms with Crippen LogP contribution in [0.1, 0.15) is 62.2 Å². The Hall–Kier alpha value is -4.77. The molecule has 5 nitrogen and oxygen atoms in total. The van der Waals surface area contributed by atoms with Crippen molar-refractivity contribution >= 4 is 28.8 Å². The number of ketones is 2. The fraction of sp³-hybridized carbons (Fsp3) is 0.121. The van der Waals surface area contributed by atoms with E-state index in [1.165, 1.54) is 0 Å². The molecule has 3 aliphatic rings. The van der Waals surface area contributed by atoms with E-state index in [4.69, 9.17) is 0 Å². The molecule has 1 N–H and O–H groups in total. The Labute approximate surface area is 220 Å². The van der Waals surface area contributed by atoms with Gasteiger partial charge in [-0.05, 0) is 47.7 Å². The van der Waals surface area contributed by atoms with Gasteiger partial charge in [-0.15, -0.1) is 0 Å². The molecule has 0 aromatic heterocycles. The van der Waals surface area contributed by atoms with E-state index >= 15 is 0 Å². The van der Waals surface area contributed by atoms with Crippen LogP contribution in [0.3, 0.4) is 0 Å². The largest absolute Gasteiger partial charge is 0.357 e. The van der Waals surface area contributed by atoms with Gasteiger partial charge in [0, 0.05) is 34.4 Å². The molecule has 1 amide bonds. The Morgan fingerprint density at radius 2 is 1.47 bits per heavy atom. The van der Waals surface area contributed by atoms with Crippen molar-refractivity contribution in [2.24, 2.45) is 0 Å². The SMILES string of the molecule is O=C1C[C@@H](c2ccccc2)CC2=C1[C@@H]1c3ccccc3C(=O)N1c1ccc(C(=O)c3ccccc3)cc1N2. The second-order valence-corrected chi connectivity index (χ2v) is 10.0. The van der Waals surface area contributed by atoms with Gasteiger partial charge in [-0.2, -0.15) is 0 Å². The van der Waals surface area contributed by atoms with E-state index in [1.807, 2.05) is 72.8 Å². The van der Waals surface area contributed by atoms with Crippen molar-refractivity contribution in [1.82, 2.24) is 0 Å². The Morgan fingerprint density at radius 1 is 0.763 bits per heavy atom. The molecule has 0 radical (unpaired) electrons. The Bertz CT molecular complexity index is 1660. The summed E-state index contributed by atoms with van der Waals surface area (Å²) in [5, 5.41) is 3.53. The third-order valence-electron chi connectivity index (χ3n) is 7.85. The van der Waals surface area contributed by atoms with Gasteiger partial charge in [0.15, 0.2) is 11.6 Å². The second kappa shape index (κ2) is 8.67. The predicted octanol–water partition coefficient (Wildman–Crippen LogP) is 6.45. The van der Waals surface area contributed by atoms with Gasteiger partial charge in [-0.25, -0.2) is 0 Å². The van der Waals surface area contributed by atoms with Crippen molar-refractivity contribution in [3.05, 3.63) is 142 Å². The third kappa shape index (κ3) is 3.43. The van der Waals surface area contributed by atoms with Crippen LogP contribution in [0.2, 0.25) is 0 Å². The Morgan fingerprint density at radius 3 is 2.26 bits per heavy atom. The molecular formula is C33H24N2O3. The summed E-state index contributed by atoms with van der Waals surface area (Å²) in [6.07, 6.45) is 1.03. The van der Waals surface area contributed by atoms with E-state index in [9.17, 15) is 14.4 Å². The number of allylic oxidation sites excluding steroid dienone is 1. The number of anilines is 2. The van der Waals surface area contributed by atoms with Crippen LogP contribution in [0.4, 0.5) is 11.4 Å². The van der Waals surface area contributed by atoms with Gasteiger partial charge in [0.1, 0.15) is 0 Å². The number of hydrogen-bond acceptors (Lipinski definition) is 4. The molecule has 0 saturated heterocycles. The molecule has 2 atom stereocenters. The first-order valence-electron chi connectivity index (χ1n) is 12.8. The zero-order valence-corrected chi connectivity index (χ0v) is 20.6. The number of hydrogen-bond donors (Lipinski definition) is 1. The van der Waals surface area contributed by atoms with Gasteiger partial charge in [0.2, 0.25) is 0 Å². The summed E-state index contributed by atoms with van der Waals surface area (Å²) in [5.74, 6) is -0.155. The normalized spacial score (nSPS) is 19.6. The van der Waals surface area contributed by atoms with E-state index in [1.54, 1.807) is 23.1 Å². The van der Waals surface area contributed by atoms with Crippen LogP contribution in [0.5, 0.6) is 0 Å². The predicted molar refractivity (Wildman–Crippen MR) is 146 cm³/mol. The van der Waals surface area contributed by atoms with E-state index in [-0.39, 0.29) is 23.4 Å². The van der Waals surface area contributed by atoms with Gasteiger partial charge in [0.05, 0.1) is 17.4 Å². The van der Waals surface area contributed by atoms with Crippen molar-refractivity contribution in [1.29, 1.82) is 0 Å². The Kier molecular flexibility index (Phi) is 5.11. The van der Waals surface area contributed by atoms with E-state index in [2.05, 4.69) is 17.4 Å². The van der Waals surface area contributed by atoms with Crippen LogP contribution in [0, 0.1) is 0 Å². The Balaban J connectivity index is 1.39. The van der Waals surface area contributed by atoms with Crippen LogP contribution < -0.4 is 10.2 Å². The van der Waals surface area contributed by atoms with Crippen LogP contribution in [-0.4, -0.2) is 17.5 Å².